The molecule has 0 saturated heterocycles. The average molecular weight is 351 g/mol. The first-order valence-electron chi connectivity index (χ1n) is 5.50. The lowest BCUT2D eigenvalue weighted by Crippen LogP contribution is -2.42. The van der Waals surface area contributed by atoms with Crippen molar-refractivity contribution in [1.29, 1.82) is 0 Å². The van der Waals surface area contributed by atoms with Crippen LogP contribution in [0.3, 0.4) is 0 Å². The molecule has 104 valence electrons. The number of nitrogens with one attached hydrogen (secondary N) is 1. The van der Waals surface area contributed by atoms with Crippen molar-refractivity contribution < 1.29 is 19.4 Å². The lowest BCUT2D eigenvalue weighted by molar-refractivity contribution is -0.149. The molecule has 1 aromatic carbocycles. The standard InChI is InChI=1S/C12H13BrClNO4/c1-2-19-12(18)10(15-6-16)11(17)8-5-7(14)3-4-9(8)13/h3-6,10-11,17H,2H2,1H3,(H,15,16). The molecule has 7 heteroatoms. The Labute approximate surface area is 124 Å². The van der Waals surface area contributed by atoms with Crippen LogP contribution in [-0.2, 0) is 14.3 Å². The number of aliphatic hydroxyl groups is 1. The van der Waals surface area contributed by atoms with Crippen LogP contribution in [-0.4, -0.2) is 30.1 Å². The number of carbonyl (C=O) groups excluding carboxylic acids is 2. The predicted molar refractivity (Wildman–Crippen MR) is 73.7 cm³/mol. The van der Waals surface area contributed by atoms with Crippen LogP contribution < -0.4 is 5.32 Å². The Morgan fingerprint density at radius 3 is 2.89 bits per heavy atom. The predicted octanol–water partition coefficient (Wildman–Crippen LogP) is 1.81. The Hall–Kier alpha value is -1.11. The monoisotopic (exact) mass is 349 g/mol. The largest absolute Gasteiger partial charge is 0.464 e. The quantitative estimate of drug-likeness (QED) is 0.606. The van der Waals surface area contributed by atoms with E-state index in [0.29, 0.717) is 21.5 Å². The zero-order chi connectivity index (χ0) is 14.4. The minimum Gasteiger partial charge on any atom is -0.464 e. The van der Waals surface area contributed by atoms with E-state index >= 15 is 0 Å². The van der Waals surface area contributed by atoms with E-state index < -0.39 is 18.1 Å². The Balaban J connectivity index is 3.04. The van der Waals surface area contributed by atoms with Crippen molar-refractivity contribution in [3.05, 3.63) is 33.3 Å². The minimum atomic E-state index is -1.27. The van der Waals surface area contributed by atoms with Gasteiger partial charge in [0.1, 0.15) is 6.10 Å². The summed E-state index contributed by atoms with van der Waals surface area (Å²) in [5.74, 6) is -0.714. The fourth-order valence-corrected chi connectivity index (χ4v) is 2.18. The number of amides is 1. The summed E-state index contributed by atoms with van der Waals surface area (Å²) in [5, 5.41) is 12.9. The highest BCUT2D eigenvalue weighted by Crippen LogP contribution is 2.28. The van der Waals surface area contributed by atoms with Crippen molar-refractivity contribution in [1.82, 2.24) is 5.32 Å². The van der Waals surface area contributed by atoms with Crippen LogP contribution in [0.15, 0.2) is 22.7 Å². The van der Waals surface area contributed by atoms with Crippen LogP contribution >= 0.6 is 27.5 Å². The normalized spacial score (nSPS) is 13.5. The summed E-state index contributed by atoms with van der Waals surface area (Å²) in [6.45, 7) is 1.79. The first kappa shape index (κ1) is 15.9. The molecule has 1 rings (SSSR count). The fraction of sp³-hybridized carbons (Fsp3) is 0.333. The number of rotatable bonds is 6. The van der Waals surface area contributed by atoms with Gasteiger partial charge in [-0.2, -0.15) is 0 Å². The Morgan fingerprint density at radius 2 is 2.32 bits per heavy atom. The molecule has 0 aliphatic rings. The topological polar surface area (TPSA) is 75.6 Å². The van der Waals surface area contributed by atoms with Gasteiger partial charge in [0.2, 0.25) is 6.41 Å². The van der Waals surface area contributed by atoms with E-state index in [0.717, 1.165) is 0 Å². The molecule has 2 N–H and O–H groups in total. The van der Waals surface area contributed by atoms with Crippen molar-refractivity contribution in [3.8, 4) is 0 Å². The van der Waals surface area contributed by atoms with Gasteiger partial charge in [0, 0.05) is 9.50 Å². The van der Waals surface area contributed by atoms with Gasteiger partial charge in [-0.25, -0.2) is 4.79 Å². The maximum atomic E-state index is 11.7. The smallest absolute Gasteiger partial charge is 0.331 e. The Kier molecular flexibility index (Phi) is 6.27. The highest BCUT2D eigenvalue weighted by molar-refractivity contribution is 9.10. The van der Waals surface area contributed by atoms with Gasteiger partial charge in [0.25, 0.3) is 0 Å². The summed E-state index contributed by atoms with van der Waals surface area (Å²) in [6, 6.07) is 3.60. The van der Waals surface area contributed by atoms with E-state index in [4.69, 9.17) is 16.3 Å². The van der Waals surface area contributed by atoms with E-state index in [1.54, 1.807) is 19.1 Å². The summed E-state index contributed by atoms with van der Waals surface area (Å²) in [6.07, 6.45) is -0.930. The molecule has 0 fully saturated rings. The van der Waals surface area contributed by atoms with Crippen LogP contribution in [0.25, 0.3) is 0 Å². The van der Waals surface area contributed by atoms with Gasteiger partial charge >= 0.3 is 5.97 Å². The number of aliphatic hydroxyl groups excluding tert-OH is 1. The molecule has 1 amide bonds. The molecule has 0 spiro atoms. The molecule has 0 bridgehead atoms. The number of ether oxygens (including phenoxy) is 1. The summed E-state index contributed by atoms with van der Waals surface area (Å²) < 4.78 is 5.38. The Morgan fingerprint density at radius 1 is 1.63 bits per heavy atom. The number of hydrogen-bond acceptors (Lipinski definition) is 4. The third kappa shape index (κ3) is 4.19. The molecule has 2 atom stereocenters. The summed E-state index contributed by atoms with van der Waals surface area (Å²) >= 11 is 9.10. The van der Waals surface area contributed by atoms with Crippen molar-refractivity contribution in [3.63, 3.8) is 0 Å². The van der Waals surface area contributed by atoms with Crippen LogP contribution in [0.5, 0.6) is 0 Å². The Bertz CT molecular complexity index is 469. The molecular formula is C12H13BrClNO4. The molecule has 0 saturated carbocycles. The molecular weight excluding hydrogens is 337 g/mol. The molecule has 0 aliphatic carbocycles. The summed E-state index contributed by atoms with van der Waals surface area (Å²) in [4.78, 5) is 22.2. The number of esters is 1. The summed E-state index contributed by atoms with van der Waals surface area (Å²) in [5.41, 5.74) is 0.389. The van der Waals surface area contributed by atoms with E-state index in [2.05, 4.69) is 21.2 Å². The molecule has 0 radical (unpaired) electrons. The molecule has 0 aliphatic heterocycles. The number of benzene rings is 1. The second kappa shape index (κ2) is 7.47. The van der Waals surface area contributed by atoms with Crippen molar-refractivity contribution in [2.75, 3.05) is 6.61 Å². The van der Waals surface area contributed by atoms with Gasteiger partial charge in [-0.1, -0.05) is 27.5 Å². The van der Waals surface area contributed by atoms with Gasteiger partial charge in [0.05, 0.1) is 6.61 Å². The van der Waals surface area contributed by atoms with Crippen LogP contribution in [0, 0.1) is 0 Å². The highest BCUT2D eigenvalue weighted by atomic mass is 79.9. The second-order valence-electron chi connectivity index (χ2n) is 3.62. The highest BCUT2D eigenvalue weighted by Gasteiger charge is 2.30. The number of carbonyl (C=O) groups is 2. The van der Waals surface area contributed by atoms with E-state index in [1.807, 2.05) is 0 Å². The first-order valence-corrected chi connectivity index (χ1v) is 6.67. The zero-order valence-electron chi connectivity index (χ0n) is 10.1. The molecule has 0 aromatic heterocycles. The third-order valence-corrected chi connectivity index (χ3v) is 3.34. The summed E-state index contributed by atoms with van der Waals surface area (Å²) in [7, 11) is 0. The van der Waals surface area contributed by atoms with Crippen LogP contribution in [0.4, 0.5) is 0 Å². The number of hydrogen-bond donors (Lipinski definition) is 2. The lowest BCUT2D eigenvalue weighted by atomic mass is 10.0. The van der Waals surface area contributed by atoms with Gasteiger partial charge in [-0.3, -0.25) is 4.79 Å². The SMILES string of the molecule is CCOC(=O)C(NC=O)C(O)c1cc(Cl)ccc1Br. The van der Waals surface area contributed by atoms with Gasteiger partial charge < -0.3 is 15.2 Å². The third-order valence-electron chi connectivity index (χ3n) is 2.38. The van der Waals surface area contributed by atoms with Gasteiger partial charge in [-0.15, -0.1) is 0 Å². The van der Waals surface area contributed by atoms with Crippen LogP contribution in [0.2, 0.25) is 5.02 Å². The fourth-order valence-electron chi connectivity index (χ4n) is 1.51. The molecule has 19 heavy (non-hydrogen) atoms. The molecule has 5 nitrogen and oxygen atoms in total. The average Bonchev–Trinajstić information content (AvgIpc) is 2.38. The molecule has 0 heterocycles. The van der Waals surface area contributed by atoms with Crippen molar-refractivity contribution in [2.45, 2.75) is 19.1 Å². The maximum Gasteiger partial charge on any atom is 0.331 e. The number of halogens is 2. The van der Waals surface area contributed by atoms with Gasteiger partial charge in [0.15, 0.2) is 6.04 Å². The minimum absolute atomic E-state index is 0.152. The van der Waals surface area contributed by atoms with E-state index in [-0.39, 0.29) is 6.61 Å². The van der Waals surface area contributed by atoms with Crippen molar-refractivity contribution >= 4 is 39.9 Å². The lowest BCUT2D eigenvalue weighted by Gasteiger charge is -2.22. The zero-order valence-corrected chi connectivity index (χ0v) is 12.4. The van der Waals surface area contributed by atoms with E-state index in [9.17, 15) is 14.7 Å². The molecule has 2 unspecified atom stereocenters. The first-order chi connectivity index (χ1) is 9.01. The molecule has 1 aromatic rings. The van der Waals surface area contributed by atoms with Crippen LogP contribution in [0.1, 0.15) is 18.6 Å². The maximum absolute atomic E-state index is 11.7. The van der Waals surface area contributed by atoms with Crippen molar-refractivity contribution in [2.24, 2.45) is 0 Å². The van der Waals surface area contributed by atoms with E-state index in [1.165, 1.54) is 6.07 Å². The second-order valence-corrected chi connectivity index (χ2v) is 4.92. The van der Waals surface area contributed by atoms with Gasteiger partial charge in [-0.05, 0) is 30.7 Å².